The van der Waals surface area contributed by atoms with Gasteiger partial charge in [0.15, 0.2) is 0 Å². The second kappa shape index (κ2) is 9.16. The molecule has 0 aromatic heterocycles. The monoisotopic (exact) mass is 193 g/mol. The summed E-state index contributed by atoms with van der Waals surface area (Å²) in [7, 11) is 0. The Hall–Kier alpha value is 0.0700. The number of rotatable bonds is 8. The molecule has 0 saturated carbocycles. The molecule has 73 valence electrons. The normalized spacial score (nSPS) is 13.2. The van der Waals surface area contributed by atoms with Gasteiger partial charge in [-0.25, -0.2) is 0 Å². The molecule has 0 aliphatic carbocycles. The molecule has 0 bridgehead atoms. The molecule has 0 fully saturated rings. The van der Waals surface area contributed by atoms with Gasteiger partial charge >= 0.3 is 11.4 Å². The standard InChI is InChI=1S/C8H17O3S/c1-2-3-4-5-6-7-8-11-12(9)10/h2-8H2,1H3. The van der Waals surface area contributed by atoms with Gasteiger partial charge in [-0.2, -0.15) is 4.21 Å². The van der Waals surface area contributed by atoms with Crippen molar-refractivity contribution in [2.45, 2.75) is 45.4 Å². The SMILES string of the molecule is CCCCCCCCOS([O])=O. The Morgan fingerprint density at radius 1 is 1.08 bits per heavy atom. The van der Waals surface area contributed by atoms with Gasteiger partial charge in [0.2, 0.25) is 0 Å². The summed E-state index contributed by atoms with van der Waals surface area (Å²) >= 11 is -2.32. The molecule has 1 radical (unpaired) electrons. The van der Waals surface area contributed by atoms with Crippen molar-refractivity contribution in [2.75, 3.05) is 6.61 Å². The van der Waals surface area contributed by atoms with Crippen LogP contribution in [0.1, 0.15) is 45.4 Å². The Kier molecular flexibility index (Phi) is 9.21. The molecule has 0 heterocycles. The van der Waals surface area contributed by atoms with Gasteiger partial charge in [0.1, 0.15) is 0 Å². The molecule has 1 atom stereocenters. The fourth-order valence-corrected chi connectivity index (χ4v) is 1.26. The largest absolute Gasteiger partial charge is 0.334 e. The topological polar surface area (TPSA) is 46.2 Å². The average Bonchev–Trinajstić information content (AvgIpc) is 2.02. The molecule has 12 heavy (non-hydrogen) atoms. The summed E-state index contributed by atoms with van der Waals surface area (Å²) in [6.07, 6.45) is 6.85. The first kappa shape index (κ1) is 12.1. The second-order valence-electron chi connectivity index (χ2n) is 2.79. The lowest BCUT2D eigenvalue weighted by molar-refractivity contribution is 0.275. The highest BCUT2D eigenvalue weighted by Gasteiger charge is 1.94. The summed E-state index contributed by atoms with van der Waals surface area (Å²) in [4.78, 5) is 0. The number of hydrogen-bond acceptors (Lipinski definition) is 2. The van der Waals surface area contributed by atoms with Crippen LogP contribution in [-0.4, -0.2) is 10.8 Å². The third-order valence-corrected chi connectivity index (χ3v) is 2.04. The zero-order chi connectivity index (χ0) is 9.23. The molecular formula is C8H17O3S. The van der Waals surface area contributed by atoms with Gasteiger partial charge in [0, 0.05) is 0 Å². The third kappa shape index (κ3) is 10.1. The van der Waals surface area contributed by atoms with Crippen molar-refractivity contribution in [3.63, 3.8) is 0 Å². The van der Waals surface area contributed by atoms with E-state index in [4.69, 9.17) is 0 Å². The van der Waals surface area contributed by atoms with E-state index in [1.807, 2.05) is 0 Å². The van der Waals surface area contributed by atoms with E-state index in [-0.39, 0.29) is 0 Å². The van der Waals surface area contributed by atoms with Crippen molar-refractivity contribution >= 4 is 11.4 Å². The van der Waals surface area contributed by atoms with Gasteiger partial charge in [0.05, 0.1) is 6.61 Å². The van der Waals surface area contributed by atoms with E-state index in [2.05, 4.69) is 11.1 Å². The number of unbranched alkanes of at least 4 members (excludes halogenated alkanes) is 5. The molecule has 0 saturated heterocycles. The minimum Gasteiger partial charge on any atom is -0.267 e. The van der Waals surface area contributed by atoms with Gasteiger partial charge in [-0.05, 0) is 6.42 Å². The van der Waals surface area contributed by atoms with Gasteiger partial charge in [-0.1, -0.05) is 43.6 Å². The highest BCUT2D eigenvalue weighted by atomic mass is 32.2. The molecule has 0 aliphatic rings. The van der Waals surface area contributed by atoms with E-state index in [9.17, 15) is 8.76 Å². The number of hydrogen-bond donors (Lipinski definition) is 0. The predicted octanol–water partition coefficient (Wildman–Crippen LogP) is 2.37. The first-order valence-corrected chi connectivity index (χ1v) is 5.50. The van der Waals surface area contributed by atoms with Crippen molar-refractivity contribution in [1.29, 1.82) is 0 Å². The maximum atomic E-state index is 9.91. The van der Waals surface area contributed by atoms with Crippen LogP contribution in [0.2, 0.25) is 0 Å². The Bertz CT molecular complexity index is 117. The van der Waals surface area contributed by atoms with Crippen LogP contribution >= 0.6 is 0 Å². The van der Waals surface area contributed by atoms with Crippen molar-refractivity contribution in [3.8, 4) is 0 Å². The van der Waals surface area contributed by atoms with Crippen LogP contribution in [0.15, 0.2) is 0 Å². The third-order valence-electron chi connectivity index (χ3n) is 1.68. The summed E-state index contributed by atoms with van der Waals surface area (Å²) in [5, 5.41) is 0. The Labute approximate surface area is 77.0 Å². The lowest BCUT2D eigenvalue weighted by atomic mass is 10.1. The first-order chi connectivity index (χ1) is 5.77. The van der Waals surface area contributed by atoms with E-state index in [0.717, 1.165) is 12.8 Å². The lowest BCUT2D eigenvalue weighted by Gasteiger charge is -1.98. The minimum atomic E-state index is -2.32. The van der Waals surface area contributed by atoms with Crippen LogP contribution in [0.5, 0.6) is 0 Å². The van der Waals surface area contributed by atoms with Crippen LogP contribution < -0.4 is 0 Å². The molecule has 0 rings (SSSR count). The molecule has 0 aromatic rings. The molecule has 0 amide bonds. The van der Waals surface area contributed by atoms with Crippen molar-refractivity contribution in [3.05, 3.63) is 0 Å². The molecule has 0 aliphatic heterocycles. The molecule has 0 spiro atoms. The van der Waals surface area contributed by atoms with E-state index in [1.165, 1.54) is 25.7 Å². The van der Waals surface area contributed by atoms with Crippen molar-refractivity contribution in [1.82, 2.24) is 0 Å². The van der Waals surface area contributed by atoms with Crippen molar-refractivity contribution in [2.24, 2.45) is 0 Å². The molecule has 3 nitrogen and oxygen atoms in total. The van der Waals surface area contributed by atoms with Gasteiger partial charge < -0.3 is 0 Å². The van der Waals surface area contributed by atoms with Gasteiger partial charge in [-0.15, -0.1) is 0 Å². The van der Waals surface area contributed by atoms with E-state index >= 15 is 0 Å². The zero-order valence-electron chi connectivity index (χ0n) is 7.58. The lowest BCUT2D eigenvalue weighted by Crippen LogP contribution is -1.95. The first-order valence-electron chi connectivity index (χ1n) is 4.50. The predicted molar refractivity (Wildman–Crippen MR) is 48.2 cm³/mol. The van der Waals surface area contributed by atoms with Crippen molar-refractivity contribution < 1.29 is 12.9 Å². The highest BCUT2D eigenvalue weighted by molar-refractivity contribution is 7.73. The molecule has 1 unspecified atom stereocenters. The summed E-state index contributed by atoms with van der Waals surface area (Å²) in [5.74, 6) is 0. The highest BCUT2D eigenvalue weighted by Crippen LogP contribution is 2.04. The zero-order valence-corrected chi connectivity index (χ0v) is 8.40. The fraction of sp³-hybridized carbons (Fsp3) is 1.00. The van der Waals surface area contributed by atoms with Gasteiger partial charge in [-0.3, -0.25) is 4.18 Å². The van der Waals surface area contributed by atoms with Crippen LogP contribution in [0.3, 0.4) is 0 Å². The Balaban J connectivity index is 2.86. The Morgan fingerprint density at radius 2 is 1.67 bits per heavy atom. The molecule has 4 heteroatoms. The smallest absolute Gasteiger partial charge is 0.267 e. The average molecular weight is 193 g/mol. The molecule has 0 N–H and O–H groups in total. The maximum Gasteiger partial charge on any atom is 0.334 e. The van der Waals surface area contributed by atoms with Crippen LogP contribution in [0.25, 0.3) is 0 Å². The fourth-order valence-electron chi connectivity index (χ4n) is 1.01. The molecular weight excluding hydrogens is 176 g/mol. The van der Waals surface area contributed by atoms with Gasteiger partial charge in [0.25, 0.3) is 0 Å². The van der Waals surface area contributed by atoms with Crippen LogP contribution in [-0.2, 0) is 20.1 Å². The second-order valence-corrected chi connectivity index (χ2v) is 3.44. The molecule has 0 aromatic carbocycles. The Morgan fingerprint density at radius 3 is 2.25 bits per heavy atom. The maximum absolute atomic E-state index is 9.91. The summed E-state index contributed by atoms with van der Waals surface area (Å²) in [6, 6.07) is 0. The van der Waals surface area contributed by atoms with E-state index in [1.54, 1.807) is 0 Å². The summed E-state index contributed by atoms with van der Waals surface area (Å²) in [5.41, 5.74) is 0. The summed E-state index contributed by atoms with van der Waals surface area (Å²) < 4.78 is 24.2. The minimum absolute atomic E-state index is 0.336. The van der Waals surface area contributed by atoms with E-state index < -0.39 is 11.4 Å². The van der Waals surface area contributed by atoms with Crippen LogP contribution in [0.4, 0.5) is 0 Å². The summed E-state index contributed by atoms with van der Waals surface area (Å²) in [6.45, 7) is 2.51. The van der Waals surface area contributed by atoms with E-state index in [0.29, 0.717) is 6.61 Å². The quantitative estimate of drug-likeness (QED) is 0.555. The van der Waals surface area contributed by atoms with Crippen LogP contribution in [0, 0.1) is 0 Å².